The fourth-order valence-corrected chi connectivity index (χ4v) is 5.86. The van der Waals surface area contributed by atoms with Crippen LogP contribution in [0.3, 0.4) is 0 Å². The van der Waals surface area contributed by atoms with Gasteiger partial charge in [0, 0.05) is 20.6 Å². The molecule has 35 heavy (non-hydrogen) atoms. The Morgan fingerprint density at radius 2 is 1.00 bits per heavy atom. The molecular weight excluding hydrogens is 472 g/mol. The lowest BCUT2D eigenvalue weighted by Crippen LogP contribution is -2.12. The number of unbranched alkanes of at least 4 members (excludes halogenated alkanes) is 19. The Kier molecular flexibility index (Phi) is 30.1. The molecule has 0 amide bonds. The van der Waals surface area contributed by atoms with Crippen molar-refractivity contribution in [2.24, 2.45) is 0 Å². The van der Waals surface area contributed by atoms with Crippen molar-refractivity contribution in [3.63, 3.8) is 0 Å². The summed E-state index contributed by atoms with van der Waals surface area (Å²) in [4.78, 5) is 11.9. The van der Waals surface area contributed by atoms with Crippen LogP contribution in [0.15, 0.2) is 0 Å². The van der Waals surface area contributed by atoms with Crippen molar-refractivity contribution < 1.29 is 18.7 Å². The maximum Gasteiger partial charge on any atom is 0.292 e. The molecular formula is C29H60O4SSi. The van der Waals surface area contributed by atoms with E-state index in [4.69, 9.17) is 13.9 Å². The summed E-state index contributed by atoms with van der Waals surface area (Å²) in [6, 6.07) is 1.16. The molecule has 0 aliphatic rings. The van der Waals surface area contributed by atoms with Gasteiger partial charge in [-0.1, -0.05) is 116 Å². The first-order valence-corrected chi connectivity index (χ1v) is 17.3. The minimum Gasteiger partial charge on any atom is -0.525 e. The molecule has 0 saturated carbocycles. The zero-order valence-electron chi connectivity index (χ0n) is 23.5. The summed E-state index contributed by atoms with van der Waals surface area (Å²) in [5, 5.41) is 0. The Morgan fingerprint density at radius 1 is 0.600 bits per heavy atom. The summed E-state index contributed by atoms with van der Waals surface area (Å²) in [6.45, 7) is 0. The van der Waals surface area contributed by atoms with Crippen LogP contribution in [-0.4, -0.2) is 42.0 Å². The highest BCUT2D eigenvalue weighted by Crippen LogP contribution is 2.15. The van der Waals surface area contributed by atoms with Gasteiger partial charge in [-0.15, -0.1) is 0 Å². The van der Waals surface area contributed by atoms with Gasteiger partial charge in [0.25, 0.3) is 5.97 Å². The van der Waals surface area contributed by atoms with Crippen molar-refractivity contribution in [3.8, 4) is 0 Å². The smallest absolute Gasteiger partial charge is 0.292 e. The topological polar surface area (TPSA) is 44.8 Å². The number of carbonyl (C=O) groups is 1. The molecule has 0 bridgehead atoms. The van der Waals surface area contributed by atoms with E-state index in [2.05, 4.69) is 12.6 Å². The monoisotopic (exact) mass is 532 g/mol. The standard InChI is InChI=1S/C29H60O4SSi/c1-31-29(32-2)25-21-17-13-10-8-6-4-3-5-7-9-12-16-20-24-28(30)33-35-27-23-19-15-11-14-18-22-26-34/h29,34H,3-27,35H2,1-2H3. The van der Waals surface area contributed by atoms with Gasteiger partial charge in [-0.2, -0.15) is 12.6 Å². The first-order valence-electron chi connectivity index (χ1n) is 15.1. The molecule has 0 heterocycles. The van der Waals surface area contributed by atoms with Gasteiger partial charge in [0.2, 0.25) is 9.76 Å². The quantitative estimate of drug-likeness (QED) is 0.0453. The van der Waals surface area contributed by atoms with E-state index in [1.54, 1.807) is 14.2 Å². The van der Waals surface area contributed by atoms with Gasteiger partial charge in [0.05, 0.1) is 0 Å². The number of carbonyl (C=O) groups excluding carboxylic acids is 1. The van der Waals surface area contributed by atoms with E-state index in [1.165, 1.54) is 128 Å². The van der Waals surface area contributed by atoms with Crippen LogP contribution in [0, 0.1) is 0 Å². The number of hydrogen-bond donors (Lipinski definition) is 1. The van der Waals surface area contributed by atoms with Gasteiger partial charge in [0.15, 0.2) is 6.29 Å². The molecule has 0 atom stereocenters. The Balaban J connectivity index is 3.17. The summed E-state index contributed by atoms with van der Waals surface area (Å²) in [6.07, 6.45) is 29.0. The van der Waals surface area contributed by atoms with E-state index in [1.807, 2.05) is 0 Å². The Morgan fingerprint density at radius 3 is 1.46 bits per heavy atom. The molecule has 0 saturated heterocycles. The van der Waals surface area contributed by atoms with Crippen LogP contribution in [0.4, 0.5) is 0 Å². The fraction of sp³-hybridized carbons (Fsp3) is 0.966. The molecule has 0 radical (unpaired) electrons. The summed E-state index contributed by atoms with van der Waals surface area (Å²) >= 11 is 4.25. The van der Waals surface area contributed by atoms with Crippen molar-refractivity contribution in [3.05, 3.63) is 0 Å². The van der Waals surface area contributed by atoms with E-state index < -0.39 is 9.76 Å². The molecule has 0 spiro atoms. The van der Waals surface area contributed by atoms with E-state index >= 15 is 0 Å². The lowest BCUT2D eigenvalue weighted by molar-refractivity contribution is -0.134. The predicted molar refractivity (Wildman–Crippen MR) is 157 cm³/mol. The van der Waals surface area contributed by atoms with Gasteiger partial charge >= 0.3 is 0 Å². The minimum atomic E-state index is -0.624. The number of ether oxygens (including phenoxy) is 2. The fourth-order valence-electron chi connectivity index (χ4n) is 4.57. The largest absolute Gasteiger partial charge is 0.525 e. The van der Waals surface area contributed by atoms with Gasteiger partial charge < -0.3 is 13.9 Å². The number of thiol groups is 1. The molecule has 0 aliphatic heterocycles. The van der Waals surface area contributed by atoms with Crippen LogP contribution in [-0.2, 0) is 18.7 Å². The van der Waals surface area contributed by atoms with Crippen molar-refractivity contribution in [1.29, 1.82) is 0 Å². The molecule has 0 aromatic rings. The number of hydrogen-bond acceptors (Lipinski definition) is 5. The van der Waals surface area contributed by atoms with E-state index in [-0.39, 0.29) is 12.3 Å². The predicted octanol–water partition coefficient (Wildman–Crippen LogP) is 8.55. The lowest BCUT2D eigenvalue weighted by atomic mass is 10.0. The van der Waals surface area contributed by atoms with Crippen molar-refractivity contribution >= 4 is 28.4 Å². The van der Waals surface area contributed by atoms with Crippen molar-refractivity contribution in [2.45, 2.75) is 160 Å². The highest BCUT2D eigenvalue weighted by Gasteiger charge is 2.04. The summed E-state index contributed by atoms with van der Waals surface area (Å²) < 4.78 is 16.0. The molecule has 0 rings (SSSR count). The molecule has 0 aromatic heterocycles. The first kappa shape index (κ1) is 35.0. The number of methoxy groups -OCH3 is 2. The molecule has 0 aromatic carbocycles. The second-order valence-corrected chi connectivity index (χ2v) is 12.0. The van der Waals surface area contributed by atoms with Crippen LogP contribution in [0.2, 0.25) is 6.04 Å². The third-order valence-electron chi connectivity index (χ3n) is 6.91. The molecule has 0 fully saturated rings. The van der Waals surface area contributed by atoms with E-state index in [0.717, 1.165) is 24.6 Å². The second kappa shape index (κ2) is 30.2. The highest BCUT2D eigenvalue weighted by atomic mass is 32.1. The van der Waals surface area contributed by atoms with Crippen LogP contribution in [0.1, 0.15) is 148 Å². The zero-order chi connectivity index (χ0) is 25.7. The average Bonchev–Trinajstić information content (AvgIpc) is 2.87. The normalized spacial score (nSPS) is 11.8. The van der Waals surface area contributed by atoms with Crippen LogP contribution in [0.5, 0.6) is 0 Å². The maximum absolute atomic E-state index is 11.9. The Labute approximate surface area is 226 Å². The average molecular weight is 533 g/mol. The van der Waals surface area contributed by atoms with Crippen LogP contribution < -0.4 is 0 Å². The second-order valence-electron chi connectivity index (χ2n) is 10.2. The molecule has 4 nitrogen and oxygen atoms in total. The van der Waals surface area contributed by atoms with Crippen LogP contribution >= 0.6 is 12.6 Å². The summed E-state index contributed by atoms with van der Waals surface area (Å²) in [7, 11) is 2.81. The van der Waals surface area contributed by atoms with E-state index in [9.17, 15) is 4.79 Å². The van der Waals surface area contributed by atoms with Gasteiger partial charge in [-0.3, -0.25) is 4.79 Å². The molecule has 0 unspecified atom stereocenters. The van der Waals surface area contributed by atoms with Crippen molar-refractivity contribution in [1.82, 2.24) is 0 Å². The van der Waals surface area contributed by atoms with Gasteiger partial charge in [0.1, 0.15) is 0 Å². The third kappa shape index (κ3) is 28.4. The van der Waals surface area contributed by atoms with Crippen molar-refractivity contribution in [2.75, 3.05) is 20.0 Å². The zero-order valence-corrected chi connectivity index (χ0v) is 25.9. The van der Waals surface area contributed by atoms with Crippen LogP contribution in [0.25, 0.3) is 0 Å². The third-order valence-corrected chi connectivity index (χ3v) is 8.54. The Bertz CT molecular complexity index is 421. The highest BCUT2D eigenvalue weighted by molar-refractivity contribution is 7.80. The van der Waals surface area contributed by atoms with Gasteiger partial charge in [-0.05, 0) is 37.5 Å². The molecule has 0 aliphatic carbocycles. The summed E-state index contributed by atoms with van der Waals surface area (Å²) in [5.41, 5.74) is 0. The van der Waals surface area contributed by atoms with Gasteiger partial charge in [-0.25, -0.2) is 0 Å². The summed E-state index contributed by atoms with van der Waals surface area (Å²) in [5.74, 6) is 1.09. The first-order chi connectivity index (χ1) is 17.2. The van der Waals surface area contributed by atoms with E-state index in [0.29, 0.717) is 6.42 Å². The molecule has 210 valence electrons. The number of rotatable bonds is 29. The Hall–Kier alpha value is -0.0431. The lowest BCUT2D eigenvalue weighted by Gasteiger charge is -2.12. The molecule has 6 heteroatoms. The SMILES string of the molecule is COC(CCCCCCCCCCCCCCCCC(=O)O[SiH2]CCCCCCCCCS)OC. The maximum atomic E-state index is 11.9. The minimum absolute atomic E-state index is 0.0224. The molecule has 0 N–H and O–H groups in total.